The summed E-state index contributed by atoms with van der Waals surface area (Å²) < 4.78 is 0. The lowest BCUT2D eigenvalue weighted by Crippen LogP contribution is -2.38. The van der Waals surface area contributed by atoms with Crippen molar-refractivity contribution in [3.63, 3.8) is 0 Å². The Labute approximate surface area is 165 Å². The van der Waals surface area contributed by atoms with Crippen LogP contribution in [0.15, 0.2) is 47.0 Å². The highest BCUT2D eigenvalue weighted by atomic mass is 35.5. The maximum absolute atomic E-state index is 13.1. The molecule has 2 aromatic rings. The second-order valence-electron chi connectivity index (χ2n) is 6.83. The predicted molar refractivity (Wildman–Crippen MR) is 103 cm³/mol. The van der Waals surface area contributed by atoms with Crippen molar-refractivity contribution in [2.24, 2.45) is 0 Å². The Morgan fingerprint density at radius 1 is 1.19 bits per heavy atom. The Kier molecular flexibility index (Phi) is 4.70. The van der Waals surface area contributed by atoms with E-state index in [1.165, 1.54) is 17.4 Å². The summed E-state index contributed by atoms with van der Waals surface area (Å²) in [5, 5.41) is 22.3. The largest absolute Gasteiger partial charge is 0.506 e. The molecule has 4 rings (SSSR count). The van der Waals surface area contributed by atoms with Gasteiger partial charge in [-0.05, 0) is 42.0 Å². The number of phenolic OH excluding ortho intramolecular Hbond substituents is 1. The van der Waals surface area contributed by atoms with Gasteiger partial charge in [-0.3, -0.25) is 9.59 Å². The average Bonchev–Trinajstić information content (AvgIpc) is 3.39. The van der Waals surface area contributed by atoms with Gasteiger partial charge in [-0.1, -0.05) is 36.6 Å². The van der Waals surface area contributed by atoms with Crippen molar-refractivity contribution in [1.29, 1.82) is 0 Å². The highest BCUT2D eigenvalue weighted by Crippen LogP contribution is 2.44. The van der Waals surface area contributed by atoms with Crippen LogP contribution in [0.2, 0.25) is 5.02 Å². The number of hydrogen-bond acceptors (Lipinski definition) is 5. The number of benzene rings is 1. The first-order valence-corrected chi connectivity index (χ1v) is 10.1. The van der Waals surface area contributed by atoms with Gasteiger partial charge < -0.3 is 15.1 Å². The molecule has 140 valence electrons. The summed E-state index contributed by atoms with van der Waals surface area (Å²) in [5.74, 6) is -1.44. The smallest absolute Gasteiger partial charge is 0.290 e. The van der Waals surface area contributed by atoms with Crippen molar-refractivity contribution in [3.8, 4) is 5.75 Å². The molecule has 27 heavy (non-hydrogen) atoms. The van der Waals surface area contributed by atoms with E-state index in [2.05, 4.69) is 0 Å². The third-order valence-corrected chi connectivity index (χ3v) is 6.41. The second kappa shape index (κ2) is 7.02. The minimum Gasteiger partial charge on any atom is -0.506 e. The van der Waals surface area contributed by atoms with Crippen LogP contribution in [0.4, 0.5) is 0 Å². The quantitative estimate of drug-likeness (QED) is 0.729. The molecule has 2 aliphatic rings. The number of ketones is 1. The molecule has 1 fully saturated rings. The monoisotopic (exact) mass is 403 g/mol. The van der Waals surface area contributed by atoms with Crippen molar-refractivity contribution in [1.82, 2.24) is 4.90 Å². The van der Waals surface area contributed by atoms with Crippen LogP contribution < -0.4 is 0 Å². The highest BCUT2D eigenvalue weighted by Gasteiger charge is 2.47. The molecule has 1 atom stereocenters. The fourth-order valence-corrected chi connectivity index (χ4v) is 4.84. The lowest BCUT2D eigenvalue weighted by atomic mass is 9.94. The van der Waals surface area contributed by atoms with Gasteiger partial charge in [0, 0.05) is 6.04 Å². The average molecular weight is 404 g/mol. The molecule has 0 saturated heterocycles. The maximum Gasteiger partial charge on any atom is 0.290 e. The summed E-state index contributed by atoms with van der Waals surface area (Å²) in [4.78, 5) is 28.1. The number of Topliss-reactive ketones (excluding diaryl/α,β-unsaturated/α-hetero) is 1. The molecular formula is C20H18ClNO4S. The molecule has 0 spiro atoms. The van der Waals surface area contributed by atoms with E-state index in [-0.39, 0.29) is 28.2 Å². The van der Waals surface area contributed by atoms with Crippen LogP contribution in [0.5, 0.6) is 5.75 Å². The number of hydrogen-bond donors (Lipinski definition) is 2. The first kappa shape index (κ1) is 18.1. The number of nitrogens with zero attached hydrogens (tertiary/aromatic N) is 1. The number of amides is 1. The summed E-state index contributed by atoms with van der Waals surface area (Å²) in [6.07, 6.45) is 3.68. The van der Waals surface area contributed by atoms with Gasteiger partial charge in [-0.15, -0.1) is 11.3 Å². The van der Waals surface area contributed by atoms with Crippen LogP contribution in [0.3, 0.4) is 0 Å². The molecule has 7 heteroatoms. The van der Waals surface area contributed by atoms with Crippen molar-refractivity contribution in [2.45, 2.75) is 37.8 Å². The van der Waals surface area contributed by atoms with E-state index in [1.54, 1.807) is 34.5 Å². The number of aromatic hydroxyl groups is 1. The number of carbonyl (C=O) groups excluding carboxylic acids is 2. The summed E-state index contributed by atoms with van der Waals surface area (Å²) >= 11 is 7.35. The third kappa shape index (κ3) is 3.03. The first-order chi connectivity index (χ1) is 13.0. The molecule has 5 nitrogen and oxygen atoms in total. The molecule has 1 aliphatic heterocycles. The normalized spacial score (nSPS) is 20.7. The van der Waals surface area contributed by atoms with Gasteiger partial charge in [0.25, 0.3) is 5.91 Å². The zero-order valence-electron chi connectivity index (χ0n) is 14.4. The number of phenols is 1. The summed E-state index contributed by atoms with van der Waals surface area (Å²) in [6, 6.07) is 7.32. The standard InChI is InChI=1S/C20H18ClNO4S/c21-13-10-11(7-8-14(13)23)17-16(18(24)15-6-3-9-27-15)19(25)20(26)22(17)12-4-1-2-5-12/h3,6-10,12,17,23,25H,1-2,4-5H2. The van der Waals surface area contributed by atoms with Crippen molar-refractivity contribution in [3.05, 3.63) is 62.5 Å². The topological polar surface area (TPSA) is 77.8 Å². The summed E-state index contributed by atoms with van der Waals surface area (Å²) in [7, 11) is 0. The fraction of sp³-hybridized carbons (Fsp3) is 0.300. The molecule has 1 saturated carbocycles. The van der Waals surface area contributed by atoms with Crippen LogP contribution in [-0.4, -0.2) is 32.8 Å². The van der Waals surface area contributed by atoms with Crippen LogP contribution in [0, 0.1) is 0 Å². The molecule has 1 aliphatic carbocycles. The maximum atomic E-state index is 13.1. The Morgan fingerprint density at radius 2 is 1.93 bits per heavy atom. The number of aliphatic hydroxyl groups excluding tert-OH is 1. The van der Waals surface area contributed by atoms with E-state index in [0.717, 1.165) is 25.7 Å². The lowest BCUT2D eigenvalue weighted by molar-refractivity contribution is -0.131. The SMILES string of the molecule is O=C(C1=C(O)C(=O)N(C2CCCC2)C1c1ccc(O)c(Cl)c1)c1cccs1. The molecular weight excluding hydrogens is 386 g/mol. The van der Waals surface area contributed by atoms with Gasteiger partial charge in [0.2, 0.25) is 5.78 Å². The molecule has 2 N–H and O–H groups in total. The third-order valence-electron chi connectivity index (χ3n) is 5.24. The van der Waals surface area contributed by atoms with Gasteiger partial charge in [0.05, 0.1) is 21.5 Å². The minimum atomic E-state index is -0.715. The van der Waals surface area contributed by atoms with E-state index in [4.69, 9.17) is 11.6 Å². The zero-order valence-corrected chi connectivity index (χ0v) is 16.0. The molecule has 0 radical (unpaired) electrons. The first-order valence-electron chi connectivity index (χ1n) is 8.81. The zero-order chi connectivity index (χ0) is 19.1. The number of halogens is 1. The van der Waals surface area contributed by atoms with Gasteiger partial charge in [0.15, 0.2) is 5.76 Å². The molecule has 1 aromatic carbocycles. The summed E-state index contributed by atoms with van der Waals surface area (Å²) in [5.41, 5.74) is 0.679. The molecule has 1 amide bonds. The van der Waals surface area contributed by atoms with Gasteiger partial charge in [0.1, 0.15) is 5.75 Å². The van der Waals surface area contributed by atoms with Crippen molar-refractivity contribution in [2.75, 3.05) is 0 Å². The van der Waals surface area contributed by atoms with Crippen molar-refractivity contribution < 1.29 is 19.8 Å². The van der Waals surface area contributed by atoms with E-state index in [9.17, 15) is 19.8 Å². The summed E-state index contributed by atoms with van der Waals surface area (Å²) in [6.45, 7) is 0. The molecule has 2 heterocycles. The van der Waals surface area contributed by atoms with Gasteiger partial charge in [-0.2, -0.15) is 0 Å². The highest BCUT2D eigenvalue weighted by molar-refractivity contribution is 7.12. The molecule has 1 unspecified atom stereocenters. The van der Waals surface area contributed by atoms with E-state index in [0.29, 0.717) is 10.4 Å². The van der Waals surface area contributed by atoms with Crippen LogP contribution in [0.25, 0.3) is 0 Å². The number of thiophene rings is 1. The Bertz CT molecular complexity index is 931. The fourth-order valence-electron chi connectivity index (χ4n) is 3.98. The number of aliphatic hydroxyl groups is 1. The van der Waals surface area contributed by atoms with Crippen LogP contribution >= 0.6 is 22.9 Å². The second-order valence-corrected chi connectivity index (χ2v) is 8.19. The van der Waals surface area contributed by atoms with E-state index in [1.807, 2.05) is 0 Å². The van der Waals surface area contributed by atoms with Crippen LogP contribution in [-0.2, 0) is 4.79 Å². The lowest BCUT2D eigenvalue weighted by Gasteiger charge is -2.32. The number of rotatable bonds is 4. The Balaban J connectivity index is 1.84. The predicted octanol–water partition coefficient (Wildman–Crippen LogP) is 4.63. The van der Waals surface area contributed by atoms with Gasteiger partial charge >= 0.3 is 0 Å². The van der Waals surface area contributed by atoms with Crippen LogP contribution in [0.1, 0.15) is 47.0 Å². The number of carbonyl (C=O) groups is 2. The Morgan fingerprint density at radius 3 is 2.56 bits per heavy atom. The van der Waals surface area contributed by atoms with Crippen molar-refractivity contribution >= 4 is 34.6 Å². The molecule has 1 aromatic heterocycles. The van der Waals surface area contributed by atoms with E-state index < -0.39 is 17.7 Å². The molecule has 0 bridgehead atoms. The van der Waals surface area contributed by atoms with Gasteiger partial charge in [-0.25, -0.2) is 0 Å². The van der Waals surface area contributed by atoms with E-state index >= 15 is 0 Å². The minimum absolute atomic E-state index is 0.0362. The Hall–Kier alpha value is -2.31.